The number of hydrogen-bond donors (Lipinski definition) is 3. The van der Waals surface area contributed by atoms with E-state index in [0.29, 0.717) is 26.1 Å². The number of anilines is 1. The van der Waals surface area contributed by atoms with E-state index >= 15 is 0 Å². The Bertz CT molecular complexity index is 813. The molecule has 0 spiro atoms. The minimum atomic E-state index is -1.57. The van der Waals surface area contributed by atoms with Gasteiger partial charge in [0.05, 0.1) is 8.95 Å². The highest BCUT2D eigenvalue weighted by Gasteiger charge is 2.17. The van der Waals surface area contributed by atoms with Crippen LogP contribution in [0.25, 0.3) is 0 Å². The number of aliphatic carboxylic acids is 1. The normalized spacial score (nSPS) is 10.6. The Labute approximate surface area is 161 Å². The van der Waals surface area contributed by atoms with Crippen molar-refractivity contribution in [3.63, 3.8) is 0 Å². The molecule has 2 aromatic rings. The van der Waals surface area contributed by atoms with E-state index in [4.69, 9.17) is 9.84 Å². The van der Waals surface area contributed by atoms with Crippen LogP contribution in [0.5, 0.6) is 17.2 Å². The second-order valence-electron chi connectivity index (χ2n) is 5.51. The molecule has 0 radical (unpaired) electrons. The van der Waals surface area contributed by atoms with Gasteiger partial charge in [0, 0.05) is 11.3 Å². The molecule has 2 rings (SSSR count). The zero-order valence-electron chi connectivity index (χ0n) is 13.3. The van der Waals surface area contributed by atoms with Gasteiger partial charge >= 0.3 is 11.9 Å². The summed E-state index contributed by atoms with van der Waals surface area (Å²) < 4.78 is 7.00. The van der Waals surface area contributed by atoms with Crippen molar-refractivity contribution in [1.82, 2.24) is 0 Å². The van der Waals surface area contributed by atoms with Crippen LogP contribution in [0.1, 0.15) is 25.3 Å². The van der Waals surface area contributed by atoms with Gasteiger partial charge in [0.2, 0.25) is 0 Å². The number of carboxylic acid groups (broad SMARTS) is 1. The molecule has 0 fully saturated rings. The zero-order chi connectivity index (χ0) is 18.7. The lowest BCUT2D eigenvalue weighted by atomic mass is 10.0. The van der Waals surface area contributed by atoms with Crippen molar-refractivity contribution in [2.75, 3.05) is 5.32 Å². The van der Waals surface area contributed by atoms with Crippen LogP contribution in [0.2, 0.25) is 0 Å². The highest BCUT2D eigenvalue weighted by molar-refractivity contribution is 9.11. The first-order valence-corrected chi connectivity index (χ1v) is 8.81. The van der Waals surface area contributed by atoms with E-state index in [1.165, 1.54) is 18.2 Å². The van der Waals surface area contributed by atoms with E-state index in [1.54, 1.807) is 12.1 Å². The number of halogens is 2. The number of carboxylic acids is 1. The maximum Gasteiger partial charge on any atom is 0.394 e. The number of benzene rings is 2. The number of rotatable bonds is 4. The van der Waals surface area contributed by atoms with Crippen LogP contribution in [-0.4, -0.2) is 22.1 Å². The van der Waals surface area contributed by atoms with Crippen molar-refractivity contribution in [2.45, 2.75) is 19.8 Å². The Morgan fingerprint density at radius 2 is 1.72 bits per heavy atom. The summed E-state index contributed by atoms with van der Waals surface area (Å²) in [4.78, 5) is 21.9. The van der Waals surface area contributed by atoms with Crippen LogP contribution in [0, 0.1) is 0 Å². The fourth-order valence-corrected chi connectivity index (χ4v) is 3.45. The van der Waals surface area contributed by atoms with E-state index in [9.17, 15) is 14.7 Å². The van der Waals surface area contributed by atoms with E-state index in [-0.39, 0.29) is 11.7 Å². The van der Waals surface area contributed by atoms with Gasteiger partial charge in [-0.25, -0.2) is 4.79 Å². The van der Waals surface area contributed by atoms with Crippen LogP contribution in [0.4, 0.5) is 5.69 Å². The summed E-state index contributed by atoms with van der Waals surface area (Å²) in [5.74, 6) is -1.38. The lowest BCUT2D eigenvalue weighted by molar-refractivity contribution is -0.147. The van der Waals surface area contributed by atoms with Crippen molar-refractivity contribution < 1.29 is 24.5 Å². The molecule has 2 aromatic carbocycles. The van der Waals surface area contributed by atoms with Crippen LogP contribution < -0.4 is 10.1 Å². The van der Waals surface area contributed by atoms with Crippen molar-refractivity contribution in [2.24, 2.45) is 0 Å². The number of nitrogens with one attached hydrogen (secondary N) is 1. The average molecular weight is 473 g/mol. The molecule has 0 atom stereocenters. The molecule has 1 amide bonds. The molecule has 0 saturated heterocycles. The molecule has 3 N–H and O–H groups in total. The molecule has 0 aliphatic heterocycles. The van der Waals surface area contributed by atoms with E-state index in [1.807, 2.05) is 13.8 Å². The highest BCUT2D eigenvalue weighted by Crippen LogP contribution is 2.41. The first kappa shape index (κ1) is 19.3. The fourth-order valence-electron chi connectivity index (χ4n) is 2.10. The number of hydrogen-bond acceptors (Lipinski definition) is 4. The number of aromatic hydroxyl groups is 1. The van der Waals surface area contributed by atoms with Crippen LogP contribution in [-0.2, 0) is 9.59 Å². The van der Waals surface area contributed by atoms with Crippen LogP contribution in [0.15, 0.2) is 39.3 Å². The van der Waals surface area contributed by atoms with Gasteiger partial charge in [-0.05, 0) is 68.1 Å². The molecule has 0 aliphatic carbocycles. The number of phenolic OH excluding ortho intramolecular Hbond substituents is 1. The number of carbonyl (C=O) groups excluding carboxylic acids is 1. The predicted molar refractivity (Wildman–Crippen MR) is 100 cm³/mol. The Balaban J connectivity index is 2.35. The zero-order valence-corrected chi connectivity index (χ0v) is 16.5. The van der Waals surface area contributed by atoms with Crippen molar-refractivity contribution >= 4 is 49.4 Å². The standard InChI is InChI=1S/C17H15Br2NO5/c1-8(2)11-7-10(21)3-4-14(11)25-15-12(18)5-9(6-13(15)19)20-16(22)17(23)24/h3-8,21H,1-2H3,(H,20,22)(H,23,24). The molecule has 0 bridgehead atoms. The van der Waals surface area contributed by atoms with Gasteiger partial charge in [-0.2, -0.15) is 0 Å². The smallest absolute Gasteiger partial charge is 0.394 e. The lowest BCUT2D eigenvalue weighted by Gasteiger charge is -2.17. The molecule has 0 saturated carbocycles. The Morgan fingerprint density at radius 1 is 1.12 bits per heavy atom. The summed E-state index contributed by atoms with van der Waals surface area (Å²) in [5, 5.41) is 20.6. The topological polar surface area (TPSA) is 95.9 Å². The van der Waals surface area contributed by atoms with Gasteiger partial charge in [-0.15, -0.1) is 0 Å². The second-order valence-corrected chi connectivity index (χ2v) is 7.22. The summed E-state index contributed by atoms with van der Waals surface area (Å²) in [6.45, 7) is 3.96. The number of carbonyl (C=O) groups is 2. The number of amides is 1. The molecule has 0 unspecified atom stereocenters. The van der Waals surface area contributed by atoms with Crippen molar-refractivity contribution in [1.29, 1.82) is 0 Å². The third kappa shape index (κ3) is 4.73. The third-order valence-corrected chi connectivity index (χ3v) is 4.46. The first-order chi connectivity index (χ1) is 11.7. The van der Waals surface area contributed by atoms with Gasteiger partial charge in [-0.3, -0.25) is 4.79 Å². The lowest BCUT2D eigenvalue weighted by Crippen LogP contribution is -2.21. The maximum atomic E-state index is 11.3. The van der Waals surface area contributed by atoms with E-state index < -0.39 is 11.9 Å². The van der Waals surface area contributed by atoms with Gasteiger partial charge in [0.15, 0.2) is 5.75 Å². The molecular weight excluding hydrogens is 458 g/mol. The molecular formula is C17H15Br2NO5. The Morgan fingerprint density at radius 3 is 2.24 bits per heavy atom. The number of phenols is 1. The van der Waals surface area contributed by atoms with Gasteiger partial charge in [-0.1, -0.05) is 13.8 Å². The minimum Gasteiger partial charge on any atom is -0.508 e. The van der Waals surface area contributed by atoms with Gasteiger partial charge in [0.1, 0.15) is 11.5 Å². The van der Waals surface area contributed by atoms with E-state index in [2.05, 4.69) is 37.2 Å². The summed E-state index contributed by atoms with van der Waals surface area (Å²) >= 11 is 6.71. The maximum absolute atomic E-state index is 11.3. The SMILES string of the molecule is CC(C)c1cc(O)ccc1Oc1c(Br)cc(NC(=O)C(=O)O)cc1Br. The summed E-state index contributed by atoms with van der Waals surface area (Å²) in [6.07, 6.45) is 0. The van der Waals surface area contributed by atoms with Crippen LogP contribution >= 0.6 is 31.9 Å². The average Bonchev–Trinajstić information content (AvgIpc) is 2.51. The Hall–Kier alpha value is -2.06. The van der Waals surface area contributed by atoms with E-state index in [0.717, 1.165) is 5.56 Å². The van der Waals surface area contributed by atoms with Crippen molar-refractivity contribution in [3.8, 4) is 17.2 Å². The predicted octanol–water partition coefficient (Wildman–Crippen LogP) is 4.86. The largest absolute Gasteiger partial charge is 0.508 e. The highest BCUT2D eigenvalue weighted by atomic mass is 79.9. The van der Waals surface area contributed by atoms with Gasteiger partial charge < -0.3 is 20.3 Å². The summed E-state index contributed by atoms with van der Waals surface area (Å²) in [6, 6.07) is 7.92. The summed E-state index contributed by atoms with van der Waals surface area (Å²) in [7, 11) is 0. The second kappa shape index (κ2) is 7.88. The molecule has 25 heavy (non-hydrogen) atoms. The molecule has 8 heteroatoms. The molecule has 0 aliphatic rings. The van der Waals surface area contributed by atoms with Gasteiger partial charge in [0.25, 0.3) is 0 Å². The monoisotopic (exact) mass is 471 g/mol. The first-order valence-electron chi connectivity index (χ1n) is 7.23. The Kier molecular flexibility index (Phi) is 6.07. The fraction of sp³-hybridized carbons (Fsp3) is 0.176. The molecule has 0 aromatic heterocycles. The summed E-state index contributed by atoms with van der Waals surface area (Å²) in [5.41, 5.74) is 1.13. The third-order valence-electron chi connectivity index (χ3n) is 3.28. The number of ether oxygens (including phenoxy) is 1. The minimum absolute atomic E-state index is 0.133. The van der Waals surface area contributed by atoms with Crippen molar-refractivity contribution in [3.05, 3.63) is 44.8 Å². The molecule has 0 heterocycles. The molecule has 132 valence electrons. The molecule has 6 nitrogen and oxygen atoms in total. The van der Waals surface area contributed by atoms with Crippen LogP contribution in [0.3, 0.4) is 0 Å². The quantitative estimate of drug-likeness (QED) is 0.552.